The number of piperazine rings is 1. The van der Waals surface area contributed by atoms with Crippen molar-refractivity contribution in [2.24, 2.45) is 5.92 Å². The molecule has 3 saturated heterocycles. The summed E-state index contributed by atoms with van der Waals surface area (Å²) in [6, 6.07) is 28.0. The van der Waals surface area contributed by atoms with Gasteiger partial charge in [-0.1, -0.05) is 36.4 Å². The number of piperidine rings is 2. The number of halogens is 1. The fourth-order valence-electron chi connectivity index (χ4n) is 9.60. The lowest BCUT2D eigenvalue weighted by atomic mass is 9.88. The predicted octanol–water partition coefficient (Wildman–Crippen LogP) is 6.90. The number of hydrogen-bond donors (Lipinski definition) is 3. The second kappa shape index (κ2) is 16.9. The molecule has 0 bridgehead atoms. The van der Waals surface area contributed by atoms with E-state index in [1.54, 1.807) is 36.4 Å². The Balaban J connectivity index is 0.899. The third-order valence-corrected chi connectivity index (χ3v) is 12.6. The zero-order valence-electron chi connectivity index (χ0n) is 33.4. The Bertz CT molecular complexity index is 2260. The molecule has 3 fully saturated rings. The summed E-state index contributed by atoms with van der Waals surface area (Å²) >= 11 is 6.35. The van der Waals surface area contributed by atoms with Crippen LogP contribution in [0.5, 0.6) is 11.5 Å². The summed E-state index contributed by atoms with van der Waals surface area (Å²) in [5.41, 5.74) is 7.80. The van der Waals surface area contributed by atoms with Gasteiger partial charge in [-0.2, -0.15) is 0 Å². The Morgan fingerprint density at radius 3 is 1.86 bits per heavy atom. The van der Waals surface area contributed by atoms with Crippen molar-refractivity contribution in [3.63, 3.8) is 0 Å². The Morgan fingerprint density at radius 2 is 1.27 bits per heavy atom. The lowest BCUT2D eigenvalue weighted by Crippen LogP contribution is -2.58. The maximum absolute atomic E-state index is 13.5. The highest BCUT2D eigenvalue weighted by molar-refractivity contribution is 6.23. The summed E-state index contributed by atoms with van der Waals surface area (Å²) in [7, 11) is 0. The van der Waals surface area contributed by atoms with Gasteiger partial charge in [0.25, 0.3) is 11.8 Å². The van der Waals surface area contributed by atoms with Gasteiger partial charge in [0.05, 0.1) is 11.1 Å². The highest BCUT2D eigenvalue weighted by Gasteiger charge is 2.45. The van der Waals surface area contributed by atoms with Gasteiger partial charge >= 0.3 is 0 Å². The molecule has 4 aliphatic rings. The van der Waals surface area contributed by atoms with Gasteiger partial charge in [0.2, 0.25) is 11.8 Å². The first kappa shape index (κ1) is 40.1. The smallest absolute Gasteiger partial charge is 0.262 e. The molecule has 0 saturated carbocycles. The van der Waals surface area contributed by atoms with E-state index in [1.165, 1.54) is 5.69 Å². The number of nitrogens with zero attached hydrogens (tertiary/aromatic N) is 4. The molecule has 4 amide bonds. The number of amides is 4. The molecule has 3 unspecified atom stereocenters. The van der Waals surface area contributed by atoms with E-state index in [2.05, 4.69) is 58.1 Å². The second-order valence-corrected chi connectivity index (χ2v) is 16.7. The van der Waals surface area contributed by atoms with Crippen LogP contribution < -0.4 is 15.1 Å². The summed E-state index contributed by atoms with van der Waals surface area (Å²) in [5, 5.41) is 22.3. The minimum absolute atomic E-state index is 0.0884. The van der Waals surface area contributed by atoms with E-state index < -0.39 is 29.7 Å². The van der Waals surface area contributed by atoms with Crippen LogP contribution in [0.2, 0.25) is 0 Å². The summed E-state index contributed by atoms with van der Waals surface area (Å²) in [5.74, 6) is -0.549. The number of hydrogen-bond acceptors (Lipinski definition) is 9. The standard InChI is InChI=1S/C47H50ClN5O6/c1-29-26-50(27-30(2)52(29)36-11-16-40-41(25-36)47(59)53(46(40)58)42-17-18-43(56)49-45(42)57)28-31-20-23-51(24-21-31)35-9-3-33(4-10-35)44(34-7-14-38(55)15-8-34)39(19-22-48)32-5-12-37(54)13-6-32/h3-16,25,29-31,42,54-55H,17-24,26-28H2,1-2H3,(H,49,56,57). The summed E-state index contributed by atoms with van der Waals surface area (Å²) in [6.45, 7) is 9.13. The van der Waals surface area contributed by atoms with Gasteiger partial charge in [-0.3, -0.25) is 34.3 Å². The number of imide groups is 2. The first-order chi connectivity index (χ1) is 28.5. The fraction of sp³-hybridized carbons (Fsp3) is 0.362. The number of fused-ring (bicyclic) bond motifs is 1. The van der Waals surface area contributed by atoms with E-state index in [0.717, 1.165) is 84.0 Å². The molecular weight excluding hydrogens is 766 g/mol. The molecule has 4 aliphatic heterocycles. The second-order valence-electron chi connectivity index (χ2n) is 16.4. The van der Waals surface area contributed by atoms with E-state index in [-0.39, 0.29) is 36.4 Å². The third kappa shape index (κ3) is 8.18. The van der Waals surface area contributed by atoms with Gasteiger partial charge in [0.1, 0.15) is 17.5 Å². The molecular formula is C47H50ClN5O6. The van der Waals surface area contributed by atoms with Crippen molar-refractivity contribution >= 4 is 57.8 Å². The van der Waals surface area contributed by atoms with E-state index in [0.29, 0.717) is 29.3 Å². The molecule has 11 nitrogen and oxygen atoms in total. The molecule has 0 aliphatic carbocycles. The van der Waals surface area contributed by atoms with Crippen molar-refractivity contribution in [2.75, 3.05) is 48.4 Å². The lowest BCUT2D eigenvalue weighted by Gasteiger charge is -2.47. The quantitative estimate of drug-likeness (QED) is 0.0889. The molecule has 3 atom stereocenters. The number of carbonyl (C=O) groups excluding carboxylic acids is 4. The van der Waals surface area contributed by atoms with Crippen LogP contribution in [-0.4, -0.2) is 100 Å². The average Bonchev–Trinajstić information content (AvgIpc) is 3.47. The third-order valence-electron chi connectivity index (χ3n) is 12.4. The van der Waals surface area contributed by atoms with Gasteiger partial charge in [-0.05, 0) is 128 Å². The predicted molar refractivity (Wildman–Crippen MR) is 230 cm³/mol. The largest absolute Gasteiger partial charge is 0.508 e. The van der Waals surface area contributed by atoms with Crippen LogP contribution in [0.4, 0.5) is 11.4 Å². The van der Waals surface area contributed by atoms with Crippen molar-refractivity contribution in [3.8, 4) is 11.5 Å². The normalized spacial score (nSPS) is 22.1. The molecule has 4 heterocycles. The minimum Gasteiger partial charge on any atom is -0.508 e. The average molecular weight is 816 g/mol. The molecule has 4 aromatic rings. The maximum Gasteiger partial charge on any atom is 0.262 e. The Hall–Kier alpha value is -5.65. The van der Waals surface area contributed by atoms with E-state index >= 15 is 0 Å². The van der Waals surface area contributed by atoms with E-state index in [4.69, 9.17) is 11.6 Å². The number of anilines is 2. The molecule has 0 spiro atoms. The maximum atomic E-state index is 13.5. The Labute approximate surface area is 349 Å². The molecule has 4 aromatic carbocycles. The molecule has 59 heavy (non-hydrogen) atoms. The van der Waals surface area contributed by atoms with Gasteiger partial charge in [0, 0.05) is 68.5 Å². The summed E-state index contributed by atoms with van der Waals surface area (Å²) in [6.07, 6.45) is 3.04. The SMILES string of the molecule is CC1CN(CC2CCN(c3ccc(C(=C(CCCl)c4ccc(O)cc4)c4ccc(O)cc4)cc3)CC2)CC(C)N1c1ccc2c(c1)C(=O)N(C1CCC(=O)NC1=O)C2=O. The fourth-order valence-corrected chi connectivity index (χ4v) is 9.79. The molecule has 306 valence electrons. The van der Waals surface area contributed by atoms with Crippen LogP contribution in [0, 0.1) is 5.92 Å². The van der Waals surface area contributed by atoms with Crippen LogP contribution >= 0.6 is 11.6 Å². The van der Waals surface area contributed by atoms with Gasteiger partial charge in [-0.25, -0.2) is 0 Å². The van der Waals surface area contributed by atoms with Crippen molar-refractivity contribution in [2.45, 2.75) is 64.1 Å². The van der Waals surface area contributed by atoms with Crippen molar-refractivity contribution in [3.05, 3.63) is 119 Å². The van der Waals surface area contributed by atoms with Crippen LogP contribution in [0.25, 0.3) is 11.1 Å². The van der Waals surface area contributed by atoms with E-state index in [9.17, 15) is 29.4 Å². The number of alkyl halides is 1. The topological polar surface area (TPSA) is 134 Å². The van der Waals surface area contributed by atoms with Crippen molar-refractivity contribution in [1.29, 1.82) is 0 Å². The number of benzene rings is 4. The zero-order valence-corrected chi connectivity index (χ0v) is 34.2. The van der Waals surface area contributed by atoms with Gasteiger partial charge in [-0.15, -0.1) is 11.6 Å². The van der Waals surface area contributed by atoms with Crippen molar-refractivity contribution in [1.82, 2.24) is 15.1 Å². The summed E-state index contributed by atoms with van der Waals surface area (Å²) < 4.78 is 0. The van der Waals surface area contributed by atoms with Crippen LogP contribution in [0.3, 0.4) is 0 Å². The Kier molecular flexibility index (Phi) is 11.5. The molecule has 3 N–H and O–H groups in total. The number of aromatic hydroxyl groups is 2. The van der Waals surface area contributed by atoms with Gasteiger partial charge in [0.15, 0.2) is 0 Å². The molecule has 8 rings (SSSR count). The highest BCUT2D eigenvalue weighted by Crippen LogP contribution is 2.38. The number of rotatable bonds is 10. The van der Waals surface area contributed by atoms with Crippen LogP contribution in [-0.2, 0) is 9.59 Å². The minimum atomic E-state index is -0.983. The van der Waals surface area contributed by atoms with Crippen molar-refractivity contribution < 1.29 is 29.4 Å². The molecule has 0 radical (unpaired) electrons. The number of phenols is 2. The zero-order chi connectivity index (χ0) is 41.4. The van der Waals surface area contributed by atoms with Gasteiger partial charge < -0.3 is 20.0 Å². The first-order valence-corrected chi connectivity index (χ1v) is 21.1. The number of phenolic OH excluding ortho intramolecular Hbond substituents is 2. The number of nitrogens with one attached hydrogen (secondary N) is 1. The number of carbonyl (C=O) groups is 4. The Morgan fingerprint density at radius 1 is 0.712 bits per heavy atom. The van der Waals surface area contributed by atoms with Crippen LogP contribution in [0.15, 0.2) is 91.0 Å². The molecule has 0 aromatic heterocycles. The van der Waals surface area contributed by atoms with E-state index in [1.807, 2.05) is 30.3 Å². The summed E-state index contributed by atoms with van der Waals surface area (Å²) in [4.78, 5) is 59.4. The molecule has 12 heteroatoms. The van der Waals surface area contributed by atoms with Crippen LogP contribution in [0.1, 0.15) is 83.4 Å². The first-order valence-electron chi connectivity index (χ1n) is 20.6. The highest BCUT2D eigenvalue weighted by atomic mass is 35.5. The number of allylic oxidation sites excluding steroid dienone is 1. The lowest BCUT2D eigenvalue weighted by molar-refractivity contribution is -0.136. The monoisotopic (exact) mass is 815 g/mol.